The number of aromatic nitrogens is 1. The van der Waals surface area contributed by atoms with Gasteiger partial charge in [-0.2, -0.15) is 10.8 Å². The molecule has 4 heterocycles. The number of allylic oxidation sites excluding steroid dienone is 2. The highest BCUT2D eigenvalue weighted by Gasteiger charge is 2.48. The number of fused-ring (bicyclic) bond motifs is 2. The molecule has 0 radical (unpaired) electrons. The second-order valence-electron chi connectivity index (χ2n) is 10.5. The summed E-state index contributed by atoms with van der Waals surface area (Å²) in [6, 6.07) is 18.0. The van der Waals surface area contributed by atoms with E-state index in [1.807, 2.05) is 67.0 Å². The molecule has 0 spiro atoms. The first kappa shape index (κ1) is 22.8. The Morgan fingerprint density at radius 2 is 1.92 bits per heavy atom. The van der Waals surface area contributed by atoms with Gasteiger partial charge in [-0.05, 0) is 74.7 Å². The number of halogens is 1. The molecule has 1 atom stereocenters. The van der Waals surface area contributed by atoms with E-state index in [1.54, 1.807) is 6.20 Å². The second kappa shape index (κ2) is 8.89. The number of hydrogen-bond acceptors (Lipinski definition) is 6. The summed E-state index contributed by atoms with van der Waals surface area (Å²) in [5.74, 6) is 9.63. The molecule has 1 saturated heterocycles. The maximum Gasteiger partial charge on any atom is 0.266 e. The summed E-state index contributed by atoms with van der Waals surface area (Å²) in [5, 5.41) is 4.95. The number of nitrogens with one attached hydrogen (secondary N) is 1. The third kappa shape index (κ3) is 3.99. The van der Waals surface area contributed by atoms with E-state index < -0.39 is 0 Å². The normalized spacial score (nSPS) is 26.6. The van der Waals surface area contributed by atoms with Crippen molar-refractivity contribution in [2.24, 2.45) is 27.7 Å². The molecule has 7 nitrogen and oxygen atoms in total. The Morgan fingerprint density at radius 1 is 1.08 bits per heavy atom. The van der Waals surface area contributed by atoms with Crippen LogP contribution in [0.3, 0.4) is 0 Å². The molecule has 4 aliphatic rings. The Kier molecular flexibility index (Phi) is 5.48. The average molecular weight is 511 g/mol. The van der Waals surface area contributed by atoms with E-state index in [1.165, 1.54) is 26.1 Å². The molecule has 3 aromatic rings. The fraction of sp³-hybridized carbons (Fsp3) is 0.276. The fourth-order valence-corrected chi connectivity index (χ4v) is 6.04. The Labute approximate surface area is 221 Å². The molecule has 186 valence electrons. The average Bonchev–Trinajstić information content (AvgIpc) is 3.15. The van der Waals surface area contributed by atoms with E-state index in [2.05, 4.69) is 15.2 Å². The van der Waals surface area contributed by atoms with E-state index in [-0.39, 0.29) is 4.59 Å². The van der Waals surface area contributed by atoms with Crippen molar-refractivity contribution in [1.29, 1.82) is 0 Å². The van der Waals surface area contributed by atoms with Crippen LogP contribution in [-0.2, 0) is 0 Å². The van der Waals surface area contributed by atoms with Crippen molar-refractivity contribution in [3.8, 4) is 0 Å². The number of amidine groups is 1. The molecule has 2 fully saturated rings. The first-order valence-electron chi connectivity index (χ1n) is 12.9. The summed E-state index contributed by atoms with van der Waals surface area (Å²) in [5.41, 5.74) is 4.60. The fourth-order valence-electron chi connectivity index (χ4n) is 5.78. The Hall–Kier alpha value is -3.36. The number of aliphatic imine (C=N–C) groups is 2. The van der Waals surface area contributed by atoms with Gasteiger partial charge in [0.25, 0.3) is 5.84 Å². The standard InChI is InChI=1S/C29H29ClN7/c30-24-15-20-7-8-27(33-22-5-2-1-3-6-22)34-25(20)16-23(24)29-35-28(26-17-32-9-12-37(26,29)31)21-13-19(14-21)18-36-10-4-11-36/h1-3,5-9,12,15-17,19,21H,4,10-11,13-14,18,31H2,(H,33,34)/q+1. The molecule has 0 amide bonds. The van der Waals surface area contributed by atoms with Gasteiger partial charge in [0.1, 0.15) is 17.7 Å². The summed E-state index contributed by atoms with van der Waals surface area (Å²) in [4.78, 5) is 17.0. The lowest BCUT2D eigenvalue weighted by molar-refractivity contribution is -0.750. The molecule has 3 N–H and O–H groups in total. The lowest BCUT2D eigenvalue weighted by Crippen LogP contribution is -2.53. The van der Waals surface area contributed by atoms with Gasteiger partial charge in [-0.25, -0.2) is 4.98 Å². The van der Waals surface area contributed by atoms with Crippen LogP contribution in [0.2, 0.25) is 5.02 Å². The minimum atomic E-state index is -0.0146. The quantitative estimate of drug-likeness (QED) is 0.335. The molecule has 7 rings (SSSR count). The minimum absolute atomic E-state index is 0.0146. The predicted molar refractivity (Wildman–Crippen MR) is 149 cm³/mol. The van der Waals surface area contributed by atoms with Gasteiger partial charge in [0, 0.05) is 23.5 Å². The monoisotopic (exact) mass is 510 g/mol. The van der Waals surface area contributed by atoms with Crippen LogP contribution < -0.4 is 11.2 Å². The summed E-state index contributed by atoms with van der Waals surface area (Å²) < 4.78 is -0.0146. The zero-order chi connectivity index (χ0) is 25.0. The molecule has 3 aliphatic heterocycles. The number of benzene rings is 2. The van der Waals surface area contributed by atoms with Crippen molar-refractivity contribution in [2.75, 3.05) is 25.0 Å². The van der Waals surface area contributed by atoms with E-state index in [0.29, 0.717) is 16.8 Å². The van der Waals surface area contributed by atoms with Crippen LogP contribution in [0.1, 0.15) is 24.8 Å². The molecule has 1 saturated carbocycles. The minimum Gasteiger partial charge on any atom is -0.340 e. The van der Waals surface area contributed by atoms with Gasteiger partial charge in [-0.3, -0.25) is 4.99 Å². The number of quaternary nitrogens is 1. The molecule has 8 heteroatoms. The zero-order valence-electron chi connectivity index (χ0n) is 20.5. The highest BCUT2D eigenvalue weighted by Crippen LogP contribution is 2.46. The van der Waals surface area contributed by atoms with E-state index in [0.717, 1.165) is 58.1 Å². The SMILES string of the molecule is N[N+]12C=CN=CC1=C(C1CC(CN3CCC3)C1)N=C2c1cc2nc(Nc3ccccc3)ccc2cc1Cl. The van der Waals surface area contributed by atoms with E-state index in [9.17, 15) is 0 Å². The van der Waals surface area contributed by atoms with Crippen molar-refractivity contribution < 1.29 is 4.59 Å². The maximum atomic E-state index is 7.01. The van der Waals surface area contributed by atoms with Crippen molar-refractivity contribution in [1.82, 2.24) is 9.88 Å². The zero-order valence-corrected chi connectivity index (χ0v) is 21.3. The van der Waals surface area contributed by atoms with Crippen molar-refractivity contribution in [2.45, 2.75) is 19.3 Å². The second-order valence-corrected chi connectivity index (χ2v) is 10.9. The van der Waals surface area contributed by atoms with Crippen molar-refractivity contribution >= 4 is 46.1 Å². The summed E-state index contributed by atoms with van der Waals surface area (Å²) in [7, 11) is 0. The maximum absolute atomic E-state index is 7.01. The predicted octanol–water partition coefficient (Wildman–Crippen LogP) is 5.58. The number of rotatable bonds is 6. The number of nitrogens with zero attached hydrogens (tertiary/aromatic N) is 5. The van der Waals surface area contributed by atoms with Crippen LogP contribution in [0, 0.1) is 11.8 Å². The van der Waals surface area contributed by atoms with E-state index in [4.69, 9.17) is 27.4 Å². The topological polar surface area (TPSA) is 78.9 Å². The number of para-hydroxylation sites is 1. The first-order valence-corrected chi connectivity index (χ1v) is 13.3. The number of likely N-dealkylation sites (tertiary alicyclic amines) is 1. The molecule has 2 aromatic carbocycles. The van der Waals surface area contributed by atoms with Gasteiger partial charge < -0.3 is 10.2 Å². The number of pyridine rings is 1. The number of hydrogen-bond donors (Lipinski definition) is 2. The Bertz CT molecular complexity index is 1500. The summed E-state index contributed by atoms with van der Waals surface area (Å²) >= 11 is 6.85. The van der Waals surface area contributed by atoms with E-state index >= 15 is 0 Å². The van der Waals surface area contributed by atoms with Gasteiger partial charge in [0.15, 0.2) is 0 Å². The number of anilines is 2. The molecule has 1 unspecified atom stereocenters. The van der Waals surface area contributed by atoms with Gasteiger partial charge in [0.2, 0.25) is 5.70 Å². The summed E-state index contributed by atoms with van der Waals surface area (Å²) in [6.07, 6.45) is 9.11. The molecule has 1 aromatic heterocycles. The molecule has 0 bridgehead atoms. The van der Waals surface area contributed by atoms with Crippen LogP contribution >= 0.6 is 11.6 Å². The number of nitrogens with two attached hydrogens (primary N) is 1. The van der Waals surface area contributed by atoms with Crippen LogP contribution in [0.4, 0.5) is 11.5 Å². The summed E-state index contributed by atoms with van der Waals surface area (Å²) in [6.45, 7) is 3.69. The molecule has 1 aliphatic carbocycles. The Morgan fingerprint density at radius 3 is 2.70 bits per heavy atom. The highest BCUT2D eigenvalue weighted by molar-refractivity contribution is 6.34. The first-order chi connectivity index (χ1) is 18.1. The molecular formula is C29H29ClN7+. The lowest BCUT2D eigenvalue weighted by atomic mass is 9.72. The van der Waals surface area contributed by atoms with Crippen LogP contribution in [0.15, 0.2) is 88.4 Å². The highest BCUT2D eigenvalue weighted by atomic mass is 35.5. The van der Waals surface area contributed by atoms with Gasteiger partial charge in [0.05, 0.1) is 28.5 Å². The molecule has 37 heavy (non-hydrogen) atoms. The Balaban J connectivity index is 1.22. The third-order valence-corrected chi connectivity index (χ3v) is 8.29. The van der Waals surface area contributed by atoms with Gasteiger partial charge in [-0.15, -0.1) is 4.59 Å². The molecular weight excluding hydrogens is 482 g/mol. The van der Waals surface area contributed by atoms with Crippen molar-refractivity contribution in [3.63, 3.8) is 0 Å². The van der Waals surface area contributed by atoms with Gasteiger partial charge >= 0.3 is 0 Å². The van der Waals surface area contributed by atoms with Crippen LogP contribution in [0.25, 0.3) is 10.9 Å². The lowest BCUT2D eigenvalue weighted by Gasteiger charge is -2.41. The smallest absolute Gasteiger partial charge is 0.266 e. The van der Waals surface area contributed by atoms with Crippen molar-refractivity contribution in [3.05, 3.63) is 89.0 Å². The van der Waals surface area contributed by atoms with Crippen LogP contribution in [-0.4, -0.2) is 46.2 Å². The third-order valence-electron chi connectivity index (χ3n) is 7.98. The van der Waals surface area contributed by atoms with Crippen LogP contribution in [0.5, 0.6) is 0 Å². The largest absolute Gasteiger partial charge is 0.340 e. The van der Waals surface area contributed by atoms with Gasteiger partial charge in [-0.1, -0.05) is 29.8 Å².